The maximum atomic E-state index is 14.3. The third-order valence-corrected chi connectivity index (χ3v) is 6.32. The van der Waals surface area contributed by atoms with Gasteiger partial charge in [-0.15, -0.1) is 0 Å². The number of benzene rings is 1. The second kappa shape index (κ2) is 8.23. The summed E-state index contributed by atoms with van der Waals surface area (Å²) in [5, 5.41) is 8.23. The minimum Gasteiger partial charge on any atom is -0.481 e. The third-order valence-electron chi connectivity index (χ3n) is 5.98. The monoisotopic (exact) mass is 493 g/mol. The lowest BCUT2D eigenvalue weighted by Gasteiger charge is -2.29. The van der Waals surface area contributed by atoms with Gasteiger partial charge >= 0.3 is 18.3 Å². The molecule has 3 atom stereocenters. The number of rotatable bonds is 6. The van der Waals surface area contributed by atoms with E-state index >= 15 is 0 Å². The van der Waals surface area contributed by atoms with E-state index in [4.69, 9.17) is 16.3 Å². The molecule has 178 valence electrons. The number of allylic oxidation sites excluding steroid dienone is 2. The lowest BCUT2D eigenvalue weighted by molar-refractivity contribution is -0.184. The van der Waals surface area contributed by atoms with Crippen molar-refractivity contribution in [2.24, 2.45) is 16.7 Å². The lowest BCUT2D eigenvalue weighted by atomic mass is 9.79. The van der Waals surface area contributed by atoms with Crippen molar-refractivity contribution in [1.82, 2.24) is 4.98 Å². The zero-order valence-electron chi connectivity index (χ0n) is 17.2. The van der Waals surface area contributed by atoms with Gasteiger partial charge in [-0.2, -0.15) is 26.3 Å². The van der Waals surface area contributed by atoms with Crippen LogP contribution in [0.5, 0.6) is 11.6 Å². The minimum atomic E-state index is -5.15. The molecule has 0 spiro atoms. The quantitative estimate of drug-likeness (QED) is 0.443. The molecule has 0 aliphatic heterocycles. The van der Waals surface area contributed by atoms with Crippen molar-refractivity contribution in [1.29, 1.82) is 0 Å². The highest BCUT2D eigenvalue weighted by molar-refractivity contribution is 6.30. The Morgan fingerprint density at radius 3 is 2.21 bits per heavy atom. The van der Waals surface area contributed by atoms with E-state index < -0.39 is 51.7 Å². The highest BCUT2D eigenvalue weighted by atomic mass is 35.5. The summed E-state index contributed by atoms with van der Waals surface area (Å²) in [7, 11) is 0. The fraction of sp³-hybridized carbons (Fsp3) is 0.364. The summed E-state index contributed by atoms with van der Waals surface area (Å²) in [5.41, 5.74) is -5.08. The molecule has 11 heteroatoms. The Balaban J connectivity index is 2.12. The molecule has 0 amide bonds. The Labute approximate surface area is 189 Å². The Bertz CT molecular complexity index is 1070. The van der Waals surface area contributed by atoms with E-state index in [0.717, 1.165) is 19.9 Å². The van der Waals surface area contributed by atoms with Gasteiger partial charge in [0.2, 0.25) is 5.88 Å². The Kier molecular flexibility index (Phi) is 6.21. The van der Waals surface area contributed by atoms with Crippen molar-refractivity contribution >= 4 is 17.6 Å². The standard InChI is InChI=1S/C22H18ClF6NO3/c1-19(2)14(11-15(23)21(24,25)26)20(19,18(31)32)17(22(27,28)29)13-9-6-10-16(30-13)33-12-7-4-3-5-8-12/h3-11,14,17H,1-2H3,(H,31,32)/b15-11-. The van der Waals surface area contributed by atoms with Crippen molar-refractivity contribution < 1.29 is 41.0 Å². The predicted molar refractivity (Wildman–Crippen MR) is 107 cm³/mol. The van der Waals surface area contributed by atoms with E-state index in [0.29, 0.717) is 6.08 Å². The first-order valence-corrected chi connectivity index (χ1v) is 9.95. The molecule has 0 saturated heterocycles. The van der Waals surface area contributed by atoms with E-state index in [1.165, 1.54) is 24.3 Å². The Morgan fingerprint density at radius 2 is 1.70 bits per heavy atom. The fourth-order valence-electron chi connectivity index (χ4n) is 4.42. The number of aromatic nitrogens is 1. The molecule has 3 rings (SSSR count). The van der Waals surface area contributed by atoms with Gasteiger partial charge in [-0.3, -0.25) is 4.79 Å². The number of carbonyl (C=O) groups is 1. The number of para-hydroxylation sites is 1. The van der Waals surface area contributed by atoms with Gasteiger partial charge in [-0.25, -0.2) is 4.98 Å². The number of carboxylic acids is 1. The average Bonchev–Trinajstić information content (AvgIpc) is 3.16. The molecule has 2 aromatic rings. The van der Waals surface area contributed by atoms with Gasteiger partial charge < -0.3 is 9.84 Å². The summed E-state index contributed by atoms with van der Waals surface area (Å²) in [6, 6.07) is 11.5. The van der Waals surface area contributed by atoms with Crippen LogP contribution in [0.25, 0.3) is 0 Å². The number of halogens is 7. The van der Waals surface area contributed by atoms with Crippen LogP contribution in [0.1, 0.15) is 25.5 Å². The topological polar surface area (TPSA) is 59.4 Å². The molecule has 1 aromatic heterocycles. The summed E-state index contributed by atoms with van der Waals surface area (Å²) in [6.07, 6.45) is -9.83. The molecule has 33 heavy (non-hydrogen) atoms. The highest BCUT2D eigenvalue weighted by Crippen LogP contribution is 2.77. The van der Waals surface area contributed by atoms with Crippen LogP contribution in [0.3, 0.4) is 0 Å². The molecule has 4 nitrogen and oxygen atoms in total. The molecular formula is C22H18ClF6NO3. The maximum Gasteiger partial charge on any atom is 0.426 e. The number of ether oxygens (including phenoxy) is 1. The lowest BCUT2D eigenvalue weighted by Crippen LogP contribution is -2.39. The number of pyridine rings is 1. The van der Waals surface area contributed by atoms with Gasteiger partial charge in [-0.1, -0.05) is 55.8 Å². The van der Waals surface area contributed by atoms with Crippen molar-refractivity contribution in [3.8, 4) is 11.6 Å². The van der Waals surface area contributed by atoms with Gasteiger partial charge in [-0.05, 0) is 23.6 Å². The molecule has 1 heterocycles. The molecule has 1 aliphatic rings. The van der Waals surface area contributed by atoms with Crippen molar-refractivity contribution in [2.75, 3.05) is 0 Å². The first-order chi connectivity index (χ1) is 15.1. The van der Waals surface area contributed by atoms with Crippen molar-refractivity contribution in [3.05, 3.63) is 65.3 Å². The van der Waals surface area contributed by atoms with E-state index in [1.807, 2.05) is 0 Å². The summed E-state index contributed by atoms with van der Waals surface area (Å²) in [6.45, 7) is 2.32. The number of carboxylic acid groups (broad SMARTS) is 1. The Morgan fingerprint density at radius 1 is 1.09 bits per heavy atom. The molecule has 1 N–H and O–H groups in total. The molecule has 0 bridgehead atoms. The average molecular weight is 494 g/mol. The van der Waals surface area contributed by atoms with Crippen LogP contribution in [-0.2, 0) is 4.79 Å². The van der Waals surface area contributed by atoms with E-state index in [9.17, 15) is 36.2 Å². The first-order valence-electron chi connectivity index (χ1n) is 9.58. The van der Waals surface area contributed by atoms with E-state index in [2.05, 4.69) is 4.98 Å². The number of hydrogen-bond acceptors (Lipinski definition) is 3. The normalized spacial score (nSPS) is 23.7. The Hall–Kier alpha value is -2.75. The minimum absolute atomic E-state index is 0.229. The van der Waals surface area contributed by atoms with E-state index in [1.54, 1.807) is 18.2 Å². The van der Waals surface area contributed by atoms with Gasteiger partial charge in [0.25, 0.3) is 0 Å². The predicted octanol–water partition coefficient (Wildman–Crippen LogP) is 6.93. The maximum absolute atomic E-state index is 14.3. The second-order valence-corrected chi connectivity index (χ2v) is 8.58. The SMILES string of the molecule is CC1(C)C(/C=C(\Cl)C(F)(F)F)C1(C(=O)O)C(c1cccc(Oc2ccccc2)n1)C(F)(F)F. The summed E-state index contributed by atoms with van der Waals surface area (Å²) in [4.78, 5) is 16.1. The van der Waals surface area contributed by atoms with Crippen LogP contribution in [0, 0.1) is 16.7 Å². The largest absolute Gasteiger partial charge is 0.481 e. The molecular weight excluding hydrogens is 476 g/mol. The number of aliphatic carboxylic acids is 1. The van der Waals surface area contributed by atoms with Gasteiger partial charge in [0, 0.05) is 12.0 Å². The summed E-state index contributed by atoms with van der Waals surface area (Å²) < 4.78 is 87.3. The molecule has 1 aliphatic carbocycles. The van der Waals surface area contributed by atoms with Crippen molar-refractivity contribution in [2.45, 2.75) is 32.1 Å². The van der Waals surface area contributed by atoms with E-state index in [-0.39, 0.29) is 11.6 Å². The van der Waals surface area contributed by atoms with Crippen molar-refractivity contribution in [3.63, 3.8) is 0 Å². The fourth-order valence-corrected chi connectivity index (χ4v) is 4.54. The van der Waals surface area contributed by atoms with Crippen LogP contribution in [0.2, 0.25) is 0 Å². The number of nitrogens with zero attached hydrogens (tertiary/aromatic N) is 1. The molecule has 1 fully saturated rings. The van der Waals surface area contributed by atoms with Gasteiger partial charge in [0.1, 0.15) is 16.7 Å². The van der Waals surface area contributed by atoms with Crippen LogP contribution in [0.15, 0.2) is 59.6 Å². The van der Waals surface area contributed by atoms with Crippen LogP contribution in [0.4, 0.5) is 26.3 Å². The summed E-state index contributed by atoms with van der Waals surface area (Å²) in [5.74, 6) is -6.24. The van der Waals surface area contributed by atoms with Crippen LogP contribution in [-0.4, -0.2) is 28.4 Å². The van der Waals surface area contributed by atoms with Gasteiger partial charge in [0.15, 0.2) is 0 Å². The highest BCUT2D eigenvalue weighted by Gasteiger charge is 2.82. The second-order valence-electron chi connectivity index (χ2n) is 8.18. The smallest absolute Gasteiger partial charge is 0.426 e. The zero-order valence-corrected chi connectivity index (χ0v) is 18.0. The zero-order chi connectivity index (χ0) is 24.8. The molecule has 1 aromatic carbocycles. The first kappa shape index (κ1) is 24.9. The molecule has 1 saturated carbocycles. The van der Waals surface area contributed by atoms with Gasteiger partial charge in [0.05, 0.1) is 11.1 Å². The molecule has 0 radical (unpaired) electrons. The molecule has 3 unspecified atom stereocenters. The number of alkyl halides is 6. The van der Waals surface area contributed by atoms with Crippen LogP contribution >= 0.6 is 11.6 Å². The summed E-state index contributed by atoms with van der Waals surface area (Å²) >= 11 is 5.26. The van der Waals surface area contributed by atoms with Crippen LogP contribution < -0.4 is 4.74 Å². The number of hydrogen-bond donors (Lipinski definition) is 1. The third kappa shape index (κ3) is 4.40.